The summed E-state index contributed by atoms with van der Waals surface area (Å²) in [6.45, 7) is 3.09. The van der Waals surface area contributed by atoms with Crippen LogP contribution in [0.4, 0.5) is 0 Å². The van der Waals surface area contributed by atoms with Gasteiger partial charge in [-0.15, -0.1) is 0 Å². The summed E-state index contributed by atoms with van der Waals surface area (Å²) in [6, 6.07) is 17.9. The minimum absolute atomic E-state index is 0.0411. The summed E-state index contributed by atoms with van der Waals surface area (Å²) in [7, 11) is 1.66. The summed E-state index contributed by atoms with van der Waals surface area (Å²) >= 11 is 0. The summed E-state index contributed by atoms with van der Waals surface area (Å²) in [4.78, 5) is 13.2. The monoisotopic (exact) mass is 452 g/mol. The number of hydrogen-bond donors (Lipinski definition) is 3. The highest BCUT2D eigenvalue weighted by atomic mass is 16.5. The fourth-order valence-corrected chi connectivity index (χ4v) is 5.02. The van der Waals surface area contributed by atoms with Crippen molar-refractivity contribution in [3.8, 4) is 5.75 Å². The van der Waals surface area contributed by atoms with Crippen LogP contribution in [0.25, 0.3) is 0 Å². The van der Waals surface area contributed by atoms with E-state index in [9.17, 15) is 9.90 Å². The van der Waals surface area contributed by atoms with Crippen molar-refractivity contribution in [2.75, 3.05) is 13.7 Å². The first-order valence-corrected chi connectivity index (χ1v) is 11.7. The molecule has 1 fully saturated rings. The van der Waals surface area contributed by atoms with Crippen LogP contribution in [0.3, 0.4) is 0 Å². The number of ether oxygens (including phenoxy) is 2. The Morgan fingerprint density at radius 1 is 1.12 bits per heavy atom. The van der Waals surface area contributed by atoms with E-state index < -0.39 is 0 Å². The molecule has 2 heterocycles. The van der Waals surface area contributed by atoms with Crippen molar-refractivity contribution in [2.24, 2.45) is 5.92 Å². The normalized spacial score (nSPS) is 24.1. The van der Waals surface area contributed by atoms with Crippen molar-refractivity contribution < 1.29 is 24.0 Å². The summed E-state index contributed by atoms with van der Waals surface area (Å²) in [5.74, 6) is 1.30. The van der Waals surface area contributed by atoms with Crippen molar-refractivity contribution in [3.63, 3.8) is 0 Å². The molecule has 33 heavy (non-hydrogen) atoms. The predicted octanol–water partition coefficient (Wildman–Crippen LogP) is 2.42. The number of esters is 1. The van der Waals surface area contributed by atoms with Crippen LogP contribution >= 0.6 is 0 Å². The molecular weight excluding hydrogens is 418 g/mol. The molecular formula is C26H34N3O4+. The first-order valence-electron chi connectivity index (χ1n) is 11.7. The van der Waals surface area contributed by atoms with Gasteiger partial charge in [-0.05, 0) is 43.0 Å². The van der Waals surface area contributed by atoms with E-state index in [0.29, 0.717) is 13.0 Å². The van der Waals surface area contributed by atoms with Gasteiger partial charge in [0.1, 0.15) is 18.3 Å². The number of carbonyl (C=O) groups is 1. The fourth-order valence-electron chi connectivity index (χ4n) is 5.02. The highest BCUT2D eigenvalue weighted by Gasteiger charge is 2.50. The SMILES string of the molecule is COc1ccc(CNC2=[N+]3[C@H](CCO)CC[C@H]3[C@@H](C(=O)OCc3ccccc3)[C@@H](C)N2)cc1. The van der Waals surface area contributed by atoms with Gasteiger partial charge in [-0.1, -0.05) is 42.5 Å². The van der Waals surface area contributed by atoms with E-state index in [-0.39, 0.29) is 43.2 Å². The molecule has 0 aliphatic carbocycles. The van der Waals surface area contributed by atoms with E-state index in [2.05, 4.69) is 15.2 Å². The second-order valence-corrected chi connectivity index (χ2v) is 8.82. The maximum atomic E-state index is 13.2. The molecule has 176 valence electrons. The fraction of sp³-hybridized carbons (Fsp3) is 0.462. The maximum Gasteiger partial charge on any atom is 0.346 e. The Morgan fingerprint density at radius 3 is 2.58 bits per heavy atom. The molecule has 4 rings (SSSR count). The van der Waals surface area contributed by atoms with Gasteiger partial charge < -0.3 is 14.6 Å². The van der Waals surface area contributed by atoms with Gasteiger partial charge >= 0.3 is 11.9 Å². The average Bonchev–Trinajstić information content (AvgIpc) is 3.25. The molecule has 7 nitrogen and oxygen atoms in total. The minimum Gasteiger partial charge on any atom is -0.497 e. The first-order chi connectivity index (χ1) is 16.1. The lowest BCUT2D eigenvalue weighted by atomic mass is 9.90. The van der Waals surface area contributed by atoms with Crippen LogP contribution in [0.5, 0.6) is 5.75 Å². The maximum absolute atomic E-state index is 13.2. The van der Waals surface area contributed by atoms with Crippen molar-refractivity contribution >= 4 is 11.9 Å². The molecule has 4 atom stereocenters. The second kappa shape index (κ2) is 10.7. The summed E-state index contributed by atoms with van der Waals surface area (Å²) in [5.41, 5.74) is 2.12. The lowest BCUT2D eigenvalue weighted by Crippen LogP contribution is -2.62. The molecule has 2 aromatic carbocycles. The van der Waals surface area contributed by atoms with Crippen LogP contribution in [0.2, 0.25) is 0 Å². The third-order valence-electron chi connectivity index (χ3n) is 6.70. The van der Waals surface area contributed by atoms with E-state index in [0.717, 1.165) is 35.7 Å². The molecule has 0 amide bonds. The molecule has 0 unspecified atom stereocenters. The molecule has 0 aromatic heterocycles. The molecule has 0 spiro atoms. The van der Waals surface area contributed by atoms with Crippen LogP contribution in [0, 0.1) is 5.92 Å². The number of methoxy groups -OCH3 is 1. The Kier molecular flexibility index (Phi) is 7.50. The van der Waals surface area contributed by atoms with Crippen molar-refractivity contribution in [2.45, 2.75) is 57.5 Å². The highest BCUT2D eigenvalue weighted by molar-refractivity contribution is 5.80. The predicted molar refractivity (Wildman–Crippen MR) is 126 cm³/mol. The lowest BCUT2D eigenvalue weighted by molar-refractivity contribution is -0.594. The second-order valence-electron chi connectivity index (χ2n) is 8.82. The number of carbonyl (C=O) groups excluding carboxylic acids is 1. The molecule has 1 saturated heterocycles. The highest BCUT2D eigenvalue weighted by Crippen LogP contribution is 2.32. The van der Waals surface area contributed by atoms with Gasteiger partial charge in [0.15, 0.2) is 0 Å². The molecule has 3 N–H and O–H groups in total. The van der Waals surface area contributed by atoms with Gasteiger partial charge in [-0.25, -0.2) is 0 Å². The summed E-state index contributed by atoms with van der Waals surface area (Å²) in [6.07, 6.45) is 2.51. The Balaban J connectivity index is 1.50. The zero-order valence-electron chi connectivity index (χ0n) is 19.4. The zero-order valence-corrected chi connectivity index (χ0v) is 19.4. The van der Waals surface area contributed by atoms with Crippen LogP contribution in [0.1, 0.15) is 37.3 Å². The molecule has 0 radical (unpaired) electrons. The lowest BCUT2D eigenvalue weighted by Gasteiger charge is -2.34. The molecule has 0 saturated carbocycles. The number of fused-ring (bicyclic) bond motifs is 1. The van der Waals surface area contributed by atoms with Crippen LogP contribution in [-0.2, 0) is 22.7 Å². The quantitative estimate of drug-likeness (QED) is 0.422. The Labute approximate surface area is 195 Å². The molecule has 0 bridgehead atoms. The third-order valence-corrected chi connectivity index (χ3v) is 6.70. The van der Waals surface area contributed by atoms with Crippen LogP contribution in [-0.4, -0.2) is 53.5 Å². The largest absolute Gasteiger partial charge is 0.497 e. The van der Waals surface area contributed by atoms with Crippen LogP contribution < -0.4 is 15.4 Å². The zero-order chi connectivity index (χ0) is 23.2. The van der Waals surface area contributed by atoms with E-state index >= 15 is 0 Å². The van der Waals surface area contributed by atoms with Gasteiger partial charge in [-0.2, -0.15) is 0 Å². The Hall–Kier alpha value is -3.06. The number of nitrogens with zero attached hydrogens (tertiary/aromatic N) is 1. The van der Waals surface area contributed by atoms with Crippen molar-refractivity contribution in [3.05, 3.63) is 65.7 Å². The summed E-state index contributed by atoms with van der Waals surface area (Å²) in [5, 5.41) is 16.7. The van der Waals surface area contributed by atoms with Crippen molar-refractivity contribution in [1.29, 1.82) is 0 Å². The Morgan fingerprint density at radius 2 is 1.88 bits per heavy atom. The van der Waals surface area contributed by atoms with Gasteiger partial charge in [0.2, 0.25) is 0 Å². The number of aliphatic hydroxyl groups excluding tert-OH is 1. The van der Waals surface area contributed by atoms with Crippen LogP contribution in [0.15, 0.2) is 54.6 Å². The molecule has 7 heteroatoms. The van der Waals surface area contributed by atoms with E-state index in [4.69, 9.17) is 9.47 Å². The summed E-state index contributed by atoms with van der Waals surface area (Å²) < 4.78 is 13.2. The number of rotatable bonds is 8. The molecule has 2 aliphatic heterocycles. The van der Waals surface area contributed by atoms with Gasteiger partial charge in [-0.3, -0.25) is 20.0 Å². The number of aliphatic hydroxyl groups is 1. The van der Waals surface area contributed by atoms with E-state index in [1.807, 2.05) is 61.5 Å². The van der Waals surface area contributed by atoms with Crippen molar-refractivity contribution in [1.82, 2.24) is 10.6 Å². The van der Waals surface area contributed by atoms with Gasteiger partial charge in [0.25, 0.3) is 0 Å². The molecule has 2 aliphatic rings. The smallest absolute Gasteiger partial charge is 0.346 e. The Bertz CT molecular complexity index is 961. The standard InChI is InChI=1S/C26H33N3O4/c1-18-24(25(31)33-17-20-6-4-3-5-7-20)23-13-10-21(14-15-30)29(23)26(28-18)27-16-19-8-11-22(32-2)12-9-19/h3-9,11-12,18,21,23-24,30H,10,13-17H2,1-2H3,(H,27,28)/p+1/t18-,21+,23+,24+/m1/s1. The van der Waals surface area contributed by atoms with E-state index in [1.165, 1.54) is 0 Å². The average molecular weight is 453 g/mol. The number of hydrogen-bond acceptors (Lipinski definition) is 6. The number of benzene rings is 2. The van der Waals surface area contributed by atoms with Gasteiger partial charge in [0.05, 0.1) is 31.8 Å². The third kappa shape index (κ3) is 5.30. The van der Waals surface area contributed by atoms with Gasteiger partial charge in [0, 0.05) is 13.0 Å². The number of nitrogens with one attached hydrogen (secondary N) is 2. The van der Waals surface area contributed by atoms with E-state index in [1.54, 1.807) is 7.11 Å². The first kappa shape index (κ1) is 23.1. The minimum atomic E-state index is -0.274. The number of guanidine groups is 1. The molecule has 2 aromatic rings. The topological polar surface area (TPSA) is 82.8 Å².